The van der Waals surface area contributed by atoms with E-state index in [0.717, 1.165) is 35.5 Å². The minimum Gasteiger partial charge on any atom is -0.384 e. The van der Waals surface area contributed by atoms with Crippen LogP contribution in [0.5, 0.6) is 0 Å². The van der Waals surface area contributed by atoms with Crippen molar-refractivity contribution in [2.75, 3.05) is 5.73 Å². The summed E-state index contributed by atoms with van der Waals surface area (Å²) in [5, 5.41) is 0.744. The number of nitrogens with zero attached hydrogens (tertiary/aromatic N) is 1. The first-order chi connectivity index (χ1) is 6.27. The molecule has 13 heavy (non-hydrogen) atoms. The average molecular weight is 195 g/mol. The van der Waals surface area contributed by atoms with Gasteiger partial charge in [-0.3, -0.25) is 0 Å². The number of pyridine rings is 1. The van der Waals surface area contributed by atoms with E-state index in [1.54, 1.807) is 6.07 Å². The standard InChI is InChI=1S/C10H11ClN2/c11-8-6-10(12)13-9-5-3-1-2-4-7(8)9/h3,5-6H,1-2,4H2,(H2,12,13). The van der Waals surface area contributed by atoms with Crippen LogP contribution in [0.25, 0.3) is 6.08 Å². The van der Waals surface area contributed by atoms with Gasteiger partial charge in [0.25, 0.3) is 0 Å². The number of halogens is 1. The van der Waals surface area contributed by atoms with E-state index in [2.05, 4.69) is 11.1 Å². The number of nitrogen functional groups attached to an aromatic ring is 1. The van der Waals surface area contributed by atoms with E-state index in [1.807, 2.05) is 6.08 Å². The molecule has 0 unspecified atom stereocenters. The molecule has 1 heterocycles. The van der Waals surface area contributed by atoms with Crippen LogP contribution >= 0.6 is 11.6 Å². The van der Waals surface area contributed by atoms with E-state index in [1.165, 1.54) is 0 Å². The van der Waals surface area contributed by atoms with Crippen LogP contribution in [0, 0.1) is 0 Å². The molecule has 2 rings (SSSR count). The van der Waals surface area contributed by atoms with Crippen molar-refractivity contribution in [3.63, 3.8) is 0 Å². The summed E-state index contributed by atoms with van der Waals surface area (Å²) in [6, 6.07) is 1.72. The van der Waals surface area contributed by atoms with Gasteiger partial charge in [0.2, 0.25) is 0 Å². The highest BCUT2D eigenvalue weighted by Crippen LogP contribution is 2.26. The maximum Gasteiger partial charge on any atom is 0.125 e. The van der Waals surface area contributed by atoms with Gasteiger partial charge in [0.1, 0.15) is 5.82 Å². The zero-order valence-corrected chi connectivity index (χ0v) is 8.01. The molecule has 68 valence electrons. The van der Waals surface area contributed by atoms with Gasteiger partial charge in [-0.2, -0.15) is 0 Å². The number of hydrogen-bond donors (Lipinski definition) is 1. The summed E-state index contributed by atoms with van der Waals surface area (Å²) in [6.07, 6.45) is 7.34. The molecule has 0 aliphatic heterocycles. The van der Waals surface area contributed by atoms with Crippen molar-refractivity contribution in [3.05, 3.63) is 28.4 Å². The summed E-state index contributed by atoms with van der Waals surface area (Å²) in [5.41, 5.74) is 7.67. The summed E-state index contributed by atoms with van der Waals surface area (Å²) < 4.78 is 0. The van der Waals surface area contributed by atoms with Crippen molar-refractivity contribution in [1.29, 1.82) is 0 Å². The number of hydrogen-bond acceptors (Lipinski definition) is 2. The SMILES string of the molecule is Nc1cc(Cl)c2c(n1)C=CCCC2. The molecule has 0 fully saturated rings. The summed E-state index contributed by atoms with van der Waals surface area (Å²) in [5.74, 6) is 0.496. The van der Waals surface area contributed by atoms with Gasteiger partial charge < -0.3 is 5.73 Å². The lowest BCUT2D eigenvalue weighted by Gasteiger charge is -2.06. The van der Waals surface area contributed by atoms with Crippen LogP contribution in [0.4, 0.5) is 5.82 Å². The van der Waals surface area contributed by atoms with Crippen molar-refractivity contribution in [1.82, 2.24) is 4.98 Å². The molecule has 0 saturated carbocycles. The molecule has 3 heteroatoms. The van der Waals surface area contributed by atoms with Crippen molar-refractivity contribution in [3.8, 4) is 0 Å². The smallest absolute Gasteiger partial charge is 0.125 e. The van der Waals surface area contributed by atoms with Crippen LogP contribution < -0.4 is 5.73 Å². The third kappa shape index (κ3) is 1.68. The van der Waals surface area contributed by atoms with Crippen LogP contribution in [0.3, 0.4) is 0 Å². The van der Waals surface area contributed by atoms with E-state index >= 15 is 0 Å². The Morgan fingerprint density at radius 3 is 3.15 bits per heavy atom. The Morgan fingerprint density at radius 2 is 2.31 bits per heavy atom. The highest BCUT2D eigenvalue weighted by atomic mass is 35.5. The molecule has 0 atom stereocenters. The summed E-state index contributed by atoms with van der Waals surface area (Å²) in [4.78, 5) is 4.24. The molecule has 1 aliphatic rings. The Labute approximate surface area is 82.4 Å². The summed E-state index contributed by atoms with van der Waals surface area (Å²) in [6.45, 7) is 0. The predicted molar refractivity (Wildman–Crippen MR) is 55.6 cm³/mol. The molecule has 0 radical (unpaired) electrons. The second-order valence-electron chi connectivity index (χ2n) is 3.19. The first kappa shape index (κ1) is 8.57. The minimum atomic E-state index is 0.496. The molecule has 1 aromatic heterocycles. The van der Waals surface area contributed by atoms with Crippen LogP contribution in [0.2, 0.25) is 5.02 Å². The maximum atomic E-state index is 6.07. The summed E-state index contributed by atoms with van der Waals surface area (Å²) >= 11 is 6.07. The fraction of sp³-hybridized carbons (Fsp3) is 0.300. The number of allylic oxidation sites excluding steroid dienone is 1. The van der Waals surface area contributed by atoms with Gasteiger partial charge in [-0.15, -0.1) is 0 Å². The number of nitrogens with two attached hydrogens (primary N) is 1. The monoisotopic (exact) mass is 194 g/mol. The number of anilines is 1. The van der Waals surface area contributed by atoms with Crippen molar-refractivity contribution in [2.45, 2.75) is 19.3 Å². The van der Waals surface area contributed by atoms with Crippen LogP contribution in [0.1, 0.15) is 24.1 Å². The Hall–Kier alpha value is -1.02. The zero-order chi connectivity index (χ0) is 9.26. The first-order valence-corrected chi connectivity index (χ1v) is 4.76. The molecule has 1 aromatic rings. The summed E-state index contributed by atoms with van der Waals surface area (Å²) in [7, 11) is 0. The van der Waals surface area contributed by atoms with Crippen molar-refractivity contribution in [2.24, 2.45) is 0 Å². The van der Waals surface area contributed by atoms with E-state index in [0.29, 0.717) is 5.82 Å². The zero-order valence-electron chi connectivity index (χ0n) is 7.26. The largest absolute Gasteiger partial charge is 0.384 e. The van der Waals surface area contributed by atoms with Crippen molar-refractivity contribution >= 4 is 23.5 Å². The van der Waals surface area contributed by atoms with E-state index in [9.17, 15) is 0 Å². The van der Waals surface area contributed by atoms with Crippen LogP contribution in [-0.2, 0) is 6.42 Å². The Bertz CT molecular complexity index is 358. The average Bonchev–Trinajstić information content (AvgIpc) is 2.28. The van der Waals surface area contributed by atoms with E-state index in [4.69, 9.17) is 17.3 Å². The predicted octanol–water partition coefficient (Wildman–Crippen LogP) is 2.67. The molecular weight excluding hydrogens is 184 g/mol. The van der Waals surface area contributed by atoms with Crippen LogP contribution in [0.15, 0.2) is 12.1 Å². The van der Waals surface area contributed by atoms with Gasteiger partial charge in [-0.05, 0) is 37.0 Å². The minimum absolute atomic E-state index is 0.496. The molecule has 1 aliphatic carbocycles. The van der Waals surface area contributed by atoms with Crippen LogP contribution in [-0.4, -0.2) is 4.98 Å². The second-order valence-corrected chi connectivity index (χ2v) is 3.59. The Morgan fingerprint density at radius 1 is 1.46 bits per heavy atom. The van der Waals surface area contributed by atoms with Gasteiger partial charge in [-0.25, -0.2) is 4.98 Å². The van der Waals surface area contributed by atoms with Gasteiger partial charge in [0, 0.05) is 5.02 Å². The lowest BCUT2D eigenvalue weighted by atomic mass is 10.1. The number of rotatable bonds is 0. The van der Waals surface area contributed by atoms with E-state index in [-0.39, 0.29) is 0 Å². The molecule has 2 nitrogen and oxygen atoms in total. The fourth-order valence-electron chi connectivity index (χ4n) is 1.56. The molecule has 0 aromatic carbocycles. The lowest BCUT2D eigenvalue weighted by Crippen LogP contribution is -1.97. The maximum absolute atomic E-state index is 6.07. The molecular formula is C10H11ClN2. The van der Waals surface area contributed by atoms with Gasteiger partial charge in [0.15, 0.2) is 0 Å². The molecule has 0 bridgehead atoms. The van der Waals surface area contributed by atoms with Gasteiger partial charge in [-0.1, -0.05) is 17.7 Å². The van der Waals surface area contributed by atoms with E-state index < -0.39 is 0 Å². The Balaban J connectivity index is 2.56. The third-order valence-corrected chi connectivity index (χ3v) is 2.53. The molecule has 0 saturated heterocycles. The normalized spacial score (nSPS) is 15.2. The lowest BCUT2D eigenvalue weighted by molar-refractivity contribution is 0.848. The fourth-order valence-corrected chi connectivity index (χ4v) is 1.86. The first-order valence-electron chi connectivity index (χ1n) is 4.39. The Kier molecular flexibility index (Phi) is 2.23. The molecule has 0 amide bonds. The molecule has 0 spiro atoms. The highest BCUT2D eigenvalue weighted by Gasteiger charge is 2.09. The molecule has 2 N–H and O–H groups in total. The second kappa shape index (κ2) is 3.38. The van der Waals surface area contributed by atoms with Crippen molar-refractivity contribution < 1.29 is 0 Å². The third-order valence-electron chi connectivity index (χ3n) is 2.19. The number of fused-ring (bicyclic) bond motifs is 1. The number of aromatic nitrogens is 1. The van der Waals surface area contributed by atoms with Gasteiger partial charge in [0.05, 0.1) is 5.69 Å². The quantitative estimate of drug-likeness (QED) is 0.690. The highest BCUT2D eigenvalue weighted by molar-refractivity contribution is 6.31. The van der Waals surface area contributed by atoms with Gasteiger partial charge >= 0.3 is 0 Å². The topological polar surface area (TPSA) is 38.9 Å².